The molecule has 2 saturated heterocycles. The van der Waals surface area contributed by atoms with E-state index in [9.17, 15) is 4.79 Å². The predicted molar refractivity (Wildman–Crippen MR) is 127 cm³/mol. The third-order valence-electron chi connectivity index (χ3n) is 5.97. The number of amides is 1. The van der Waals surface area contributed by atoms with Gasteiger partial charge in [0, 0.05) is 17.8 Å². The molecule has 0 aromatic heterocycles. The first-order valence-electron chi connectivity index (χ1n) is 11.3. The summed E-state index contributed by atoms with van der Waals surface area (Å²) in [5.41, 5.74) is 3.32. The van der Waals surface area contributed by atoms with Crippen molar-refractivity contribution in [3.63, 3.8) is 0 Å². The van der Waals surface area contributed by atoms with Crippen molar-refractivity contribution < 1.29 is 14.4 Å². The van der Waals surface area contributed by atoms with Crippen molar-refractivity contribution in [1.29, 1.82) is 0 Å². The second-order valence-corrected chi connectivity index (χ2v) is 8.25. The fourth-order valence-electron chi connectivity index (χ4n) is 4.32. The Labute approximate surface area is 190 Å². The lowest BCUT2D eigenvalue weighted by molar-refractivity contribution is -0.119. The monoisotopic (exact) mass is 433 g/mol. The van der Waals surface area contributed by atoms with Gasteiger partial charge in [-0.1, -0.05) is 35.5 Å². The van der Waals surface area contributed by atoms with Crippen LogP contribution in [-0.4, -0.2) is 49.9 Å². The fourth-order valence-corrected chi connectivity index (χ4v) is 4.32. The van der Waals surface area contributed by atoms with Crippen LogP contribution in [0, 0.1) is 0 Å². The molecule has 6 heteroatoms. The number of hydrogen-bond donors (Lipinski definition) is 0. The summed E-state index contributed by atoms with van der Waals surface area (Å²) in [6.07, 6.45) is 5.41. The largest absolute Gasteiger partial charge is 0.497 e. The maximum Gasteiger partial charge on any atom is 0.257 e. The van der Waals surface area contributed by atoms with Gasteiger partial charge in [0.25, 0.3) is 5.91 Å². The molecular formula is C26H31N3O3. The van der Waals surface area contributed by atoms with Crippen LogP contribution in [0.5, 0.6) is 5.75 Å². The molecule has 2 aliphatic rings. The first kappa shape index (κ1) is 22.1. The van der Waals surface area contributed by atoms with Crippen molar-refractivity contribution in [2.24, 2.45) is 5.16 Å². The van der Waals surface area contributed by atoms with E-state index in [4.69, 9.17) is 9.57 Å². The van der Waals surface area contributed by atoms with Gasteiger partial charge in [-0.15, -0.1) is 0 Å². The lowest BCUT2D eigenvalue weighted by Gasteiger charge is -2.43. The molecule has 0 aliphatic carbocycles. The van der Waals surface area contributed by atoms with Gasteiger partial charge >= 0.3 is 0 Å². The van der Waals surface area contributed by atoms with Crippen molar-refractivity contribution in [2.45, 2.75) is 32.2 Å². The maximum absolute atomic E-state index is 13.1. The third kappa shape index (κ3) is 5.02. The minimum atomic E-state index is -0.155. The highest BCUT2D eigenvalue weighted by Gasteiger charge is 2.43. The molecule has 6 nitrogen and oxygen atoms in total. The second kappa shape index (κ2) is 10.5. The Kier molecular flexibility index (Phi) is 7.22. The summed E-state index contributed by atoms with van der Waals surface area (Å²) in [4.78, 5) is 22.9. The highest BCUT2D eigenvalue weighted by atomic mass is 16.6. The number of allylic oxidation sites excluding steroid dienone is 1. The molecule has 0 radical (unpaired) electrons. The molecule has 1 amide bonds. The number of likely N-dealkylation sites (tertiary alicyclic amines) is 1. The van der Waals surface area contributed by atoms with Gasteiger partial charge in [0.2, 0.25) is 0 Å². The molecule has 0 N–H and O–H groups in total. The minimum Gasteiger partial charge on any atom is -0.497 e. The van der Waals surface area contributed by atoms with E-state index in [2.05, 4.69) is 10.1 Å². The van der Waals surface area contributed by atoms with Crippen LogP contribution in [0.4, 0.5) is 5.69 Å². The Hall–Kier alpha value is -3.12. The highest BCUT2D eigenvalue weighted by Crippen LogP contribution is 2.43. The lowest BCUT2D eigenvalue weighted by atomic mass is 9.86. The van der Waals surface area contributed by atoms with Crippen LogP contribution in [0.3, 0.4) is 0 Å². The molecule has 2 aliphatic heterocycles. The molecule has 2 aromatic rings. The number of oxime groups is 1. The van der Waals surface area contributed by atoms with E-state index >= 15 is 0 Å². The Morgan fingerprint density at radius 1 is 1.09 bits per heavy atom. The Bertz CT molecular complexity index is 964. The normalized spacial score (nSPS) is 20.5. The molecule has 0 spiro atoms. The number of benzene rings is 2. The molecule has 4 rings (SSSR count). The number of carbonyl (C=O) groups excluding carboxylic acids is 1. The van der Waals surface area contributed by atoms with Gasteiger partial charge in [-0.2, -0.15) is 0 Å². The zero-order valence-electron chi connectivity index (χ0n) is 18.9. The van der Waals surface area contributed by atoms with Crippen LogP contribution in [0.2, 0.25) is 0 Å². The molecular weight excluding hydrogens is 402 g/mol. The molecule has 32 heavy (non-hydrogen) atoms. The van der Waals surface area contributed by atoms with E-state index in [-0.39, 0.29) is 11.9 Å². The molecule has 2 fully saturated rings. The molecule has 0 bridgehead atoms. The number of ether oxygens (including phenoxy) is 1. The average Bonchev–Trinajstić information content (AvgIpc) is 3.35. The zero-order chi connectivity index (χ0) is 22.3. The SMILES string of the molecule is COc1ccc(N2C(=O)/C(=C/C(C)=NOCCCN3CCCC3)C2c2ccccc2)cc1. The van der Waals surface area contributed by atoms with Gasteiger partial charge < -0.3 is 14.5 Å². The number of hydrogen-bond acceptors (Lipinski definition) is 5. The number of β-lactam (4-membered cyclic amide) rings is 1. The Morgan fingerprint density at radius 3 is 2.50 bits per heavy atom. The summed E-state index contributed by atoms with van der Waals surface area (Å²) in [6, 6.07) is 17.5. The molecule has 168 valence electrons. The summed E-state index contributed by atoms with van der Waals surface area (Å²) in [5.74, 6) is 0.742. The van der Waals surface area contributed by atoms with Crippen molar-refractivity contribution in [3.05, 3.63) is 71.8 Å². The highest BCUT2D eigenvalue weighted by molar-refractivity contribution is 6.18. The molecule has 2 aromatic carbocycles. The van der Waals surface area contributed by atoms with Gasteiger partial charge in [0.15, 0.2) is 0 Å². The number of carbonyl (C=O) groups is 1. The molecule has 2 heterocycles. The summed E-state index contributed by atoms with van der Waals surface area (Å²) < 4.78 is 5.25. The number of methoxy groups -OCH3 is 1. The Balaban J connectivity index is 1.45. The second-order valence-electron chi connectivity index (χ2n) is 8.25. The third-order valence-corrected chi connectivity index (χ3v) is 5.97. The van der Waals surface area contributed by atoms with Crippen LogP contribution in [0.1, 0.15) is 37.8 Å². The molecule has 1 atom stereocenters. The Morgan fingerprint density at radius 2 is 1.81 bits per heavy atom. The quantitative estimate of drug-likeness (QED) is 0.191. The maximum atomic E-state index is 13.1. The fraction of sp³-hybridized carbons (Fsp3) is 0.385. The van der Waals surface area contributed by atoms with Gasteiger partial charge in [-0.3, -0.25) is 9.69 Å². The first-order valence-corrected chi connectivity index (χ1v) is 11.3. The first-order chi connectivity index (χ1) is 15.7. The average molecular weight is 434 g/mol. The van der Waals surface area contributed by atoms with Crippen LogP contribution in [0.15, 0.2) is 71.4 Å². The number of anilines is 1. The van der Waals surface area contributed by atoms with E-state index in [0.29, 0.717) is 17.9 Å². The van der Waals surface area contributed by atoms with Crippen LogP contribution >= 0.6 is 0 Å². The summed E-state index contributed by atoms with van der Waals surface area (Å²) in [5, 5.41) is 4.23. The topological polar surface area (TPSA) is 54.4 Å². The van der Waals surface area contributed by atoms with Crippen molar-refractivity contribution in [2.75, 3.05) is 38.3 Å². The summed E-state index contributed by atoms with van der Waals surface area (Å²) >= 11 is 0. The van der Waals surface area contributed by atoms with E-state index in [1.807, 2.05) is 72.5 Å². The number of rotatable bonds is 9. The van der Waals surface area contributed by atoms with Gasteiger partial charge in [-0.25, -0.2) is 0 Å². The van der Waals surface area contributed by atoms with Gasteiger partial charge in [0.1, 0.15) is 12.4 Å². The summed E-state index contributed by atoms with van der Waals surface area (Å²) in [7, 11) is 1.63. The van der Waals surface area contributed by atoms with E-state index < -0.39 is 0 Å². The lowest BCUT2D eigenvalue weighted by Crippen LogP contribution is -2.49. The van der Waals surface area contributed by atoms with Crippen LogP contribution in [0.25, 0.3) is 0 Å². The van der Waals surface area contributed by atoms with E-state index in [0.717, 1.165) is 30.0 Å². The zero-order valence-corrected chi connectivity index (χ0v) is 18.9. The predicted octanol–water partition coefficient (Wildman–Crippen LogP) is 4.59. The van der Waals surface area contributed by atoms with E-state index in [1.165, 1.54) is 25.9 Å². The minimum absolute atomic E-state index is 0.0207. The number of nitrogens with zero attached hydrogens (tertiary/aromatic N) is 3. The van der Waals surface area contributed by atoms with E-state index in [1.54, 1.807) is 7.11 Å². The molecule has 1 unspecified atom stereocenters. The van der Waals surface area contributed by atoms with Crippen molar-refractivity contribution in [1.82, 2.24) is 4.90 Å². The van der Waals surface area contributed by atoms with Crippen molar-refractivity contribution >= 4 is 17.3 Å². The summed E-state index contributed by atoms with van der Waals surface area (Å²) in [6.45, 7) is 5.91. The van der Waals surface area contributed by atoms with Gasteiger partial charge in [-0.05, 0) is 75.2 Å². The van der Waals surface area contributed by atoms with Gasteiger partial charge in [0.05, 0.1) is 18.9 Å². The standard InChI is InChI=1S/C26H31N3O3/c1-20(27-32-18-8-17-28-15-6-7-16-28)19-24-25(21-9-4-3-5-10-21)29(26(24)30)22-11-13-23(31-2)14-12-22/h3-5,9-14,19,25H,6-8,15-18H2,1-2H3/b24-19+,27-20?. The van der Waals surface area contributed by atoms with Crippen LogP contribution in [-0.2, 0) is 9.63 Å². The van der Waals surface area contributed by atoms with Crippen molar-refractivity contribution in [3.8, 4) is 5.75 Å². The smallest absolute Gasteiger partial charge is 0.257 e. The molecule has 0 saturated carbocycles. The van der Waals surface area contributed by atoms with Crippen LogP contribution < -0.4 is 9.64 Å².